The van der Waals surface area contributed by atoms with Crippen molar-refractivity contribution in [3.05, 3.63) is 23.2 Å². The summed E-state index contributed by atoms with van der Waals surface area (Å²) in [6, 6.07) is 0. The number of H-pyrrole nitrogens is 1. The molecule has 2 rings (SSSR count). The van der Waals surface area contributed by atoms with E-state index in [2.05, 4.69) is 15.0 Å². The molecule has 0 unspecified atom stereocenters. The molecular weight excluding hydrogens is 176 g/mol. The molecule has 2 aromatic heterocycles. The predicted molar refractivity (Wildman–Crippen MR) is 46.8 cm³/mol. The average molecular weight is 181 g/mol. The summed E-state index contributed by atoms with van der Waals surface area (Å²) in [5, 5.41) is 8.16. The summed E-state index contributed by atoms with van der Waals surface area (Å²) in [7, 11) is 0. The number of hydrogen-bond acceptors (Lipinski definition) is 3. The highest BCUT2D eigenvalue weighted by molar-refractivity contribution is 6.34. The number of rotatable bonds is 1. The van der Waals surface area contributed by atoms with Crippen LogP contribution in [0.5, 0.6) is 0 Å². The number of aromatic nitrogens is 3. The molecule has 0 aromatic carbocycles. The number of hydrogen-bond donors (Lipinski definition) is 2. The fraction of sp³-hybridized carbons (Fsp3) is 0. The van der Waals surface area contributed by atoms with Crippen molar-refractivity contribution >= 4 is 28.8 Å². The Morgan fingerprint density at radius 2 is 2.33 bits per heavy atom. The van der Waals surface area contributed by atoms with Gasteiger partial charge in [-0.15, -0.1) is 0 Å². The zero-order valence-electron chi connectivity index (χ0n) is 6.00. The summed E-state index contributed by atoms with van der Waals surface area (Å²) >= 11 is 5.81. The van der Waals surface area contributed by atoms with Gasteiger partial charge in [-0.2, -0.15) is 0 Å². The van der Waals surface area contributed by atoms with Crippen molar-refractivity contribution in [2.75, 3.05) is 0 Å². The number of halogens is 1. The summed E-state index contributed by atoms with van der Waals surface area (Å²) in [4.78, 5) is 10.7. The average Bonchev–Trinajstić information content (AvgIpc) is 2.49. The molecule has 0 aliphatic rings. The first-order valence-electron chi connectivity index (χ1n) is 3.31. The Hall–Kier alpha value is -1.42. The summed E-state index contributed by atoms with van der Waals surface area (Å²) in [6.07, 6.45) is 4.28. The van der Waals surface area contributed by atoms with Gasteiger partial charge in [0, 0.05) is 18.0 Å². The number of nitrogens with zero attached hydrogens (tertiary/aromatic N) is 2. The third-order valence-electron chi connectivity index (χ3n) is 1.61. The van der Waals surface area contributed by atoms with Crippen molar-refractivity contribution in [1.82, 2.24) is 15.0 Å². The van der Waals surface area contributed by atoms with Crippen LogP contribution < -0.4 is 0 Å². The fourth-order valence-corrected chi connectivity index (χ4v) is 1.30. The number of nitrogens with one attached hydrogen (secondary N) is 2. The van der Waals surface area contributed by atoms with Gasteiger partial charge in [-0.3, -0.25) is 0 Å². The molecule has 2 heterocycles. The van der Waals surface area contributed by atoms with E-state index in [1.165, 1.54) is 12.5 Å². The van der Waals surface area contributed by atoms with Crippen LogP contribution in [0, 0.1) is 5.41 Å². The monoisotopic (exact) mass is 180 g/mol. The Bertz CT molecular complexity index is 434. The van der Waals surface area contributed by atoms with E-state index in [-0.39, 0.29) is 0 Å². The summed E-state index contributed by atoms with van der Waals surface area (Å²) < 4.78 is 0. The normalized spacial score (nSPS) is 10.4. The second kappa shape index (κ2) is 2.57. The standard InChI is InChI=1S/C7H5ClN4/c8-6-5-4(1-9)2-10-7(5)12-3-11-6/h1-3,9H,(H,10,11,12). The molecule has 2 N–H and O–H groups in total. The van der Waals surface area contributed by atoms with Crippen molar-refractivity contribution in [2.45, 2.75) is 0 Å². The lowest BCUT2D eigenvalue weighted by Gasteiger charge is -1.91. The number of fused-ring (bicyclic) bond motifs is 1. The fourth-order valence-electron chi connectivity index (χ4n) is 1.06. The van der Waals surface area contributed by atoms with E-state index in [0.717, 1.165) is 0 Å². The maximum atomic E-state index is 7.08. The van der Waals surface area contributed by atoms with Crippen molar-refractivity contribution < 1.29 is 0 Å². The smallest absolute Gasteiger partial charge is 0.142 e. The van der Waals surface area contributed by atoms with Crippen molar-refractivity contribution in [2.24, 2.45) is 0 Å². The van der Waals surface area contributed by atoms with E-state index < -0.39 is 0 Å². The van der Waals surface area contributed by atoms with Crippen LogP contribution in [0.3, 0.4) is 0 Å². The van der Waals surface area contributed by atoms with Gasteiger partial charge >= 0.3 is 0 Å². The molecule has 0 saturated heterocycles. The lowest BCUT2D eigenvalue weighted by atomic mass is 10.3. The summed E-state index contributed by atoms with van der Waals surface area (Å²) in [6.45, 7) is 0. The van der Waals surface area contributed by atoms with E-state index in [0.29, 0.717) is 21.7 Å². The van der Waals surface area contributed by atoms with Crippen LogP contribution in [0.15, 0.2) is 12.5 Å². The van der Waals surface area contributed by atoms with E-state index in [4.69, 9.17) is 17.0 Å². The molecule has 0 amide bonds. The molecule has 12 heavy (non-hydrogen) atoms. The van der Waals surface area contributed by atoms with Gasteiger partial charge in [0.05, 0.1) is 5.39 Å². The third-order valence-corrected chi connectivity index (χ3v) is 1.90. The van der Waals surface area contributed by atoms with Gasteiger partial charge in [0.15, 0.2) is 0 Å². The van der Waals surface area contributed by atoms with Crippen LogP contribution in [0.25, 0.3) is 11.0 Å². The minimum atomic E-state index is 0.375. The first-order valence-corrected chi connectivity index (χ1v) is 3.69. The van der Waals surface area contributed by atoms with Gasteiger partial charge in [0.1, 0.15) is 17.1 Å². The van der Waals surface area contributed by atoms with Crippen LogP contribution in [0.4, 0.5) is 0 Å². The molecule has 5 heteroatoms. The lowest BCUT2D eigenvalue weighted by Crippen LogP contribution is -1.82. The molecule has 0 fully saturated rings. The Balaban J connectivity index is 2.91. The molecule has 4 nitrogen and oxygen atoms in total. The lowest BCUT2D eigenvalue weighted by molar-refractivity contribution is 1.20. The number of aromatic amines is 1. The van der Waals surface area contributed by atoms with E-state index >= 15 is 0 Å². The van der Waals surface area contributed by atoms with Crippen molar-refractivity contribution in [3.63, 3.8) is 0 Å². The van der Waals surface area contributed by atoms with Crippen molar-refractivity contribution in [1.29, 1.82) is 5.41 Å². The molecule has 0 saturated carbocycles. The van der Waals surface area contributed by atoms with Crippen LogP contribution in [-0.2, 0) is 0 Å². The summed E-state index contributed by atoms with van der Waals surface area (Å²) in [5.41, 5.74) is 1.36. The zero-order chi connectivity index (χ0) is 8.55. The molecular formula is C7H5ClN4. The molecule has 0 bridgehead atoms. The Morgan fingerprint density at radius 1 is 1.50 bits per heavy atom. The third kappa shape index (κ3) is 0.887. The SMILES string of the molecule is N=Cc1c[nH]c2ncnc(Cl)c12. The zero-order valence-corrected chi connectivity index (χ0v) is 6.76. The van der Waals surface area contributed by atoms with Gasteiger partial charge in [0.2, 0.25) is 0 Å². The molecule has 0 spiro atoms. The van der Waals surface area contributed by atoms with Gasteiger partial charge < -0.3 is 10.4 Å². The highest BCUT2D eigenvalue weighted by Gasteiger charge is 2.06. The van der Waals surface area contributed by atoms with Crippen molar-refractivity contribution in [3.8, 4) is 0 Å². The molecule has 0 aliphatic heterocycles. The Morgan fingerprint density at radius 3 is 3.08 bits per heavy atom. The highest BCUT2D eigenvalue weighted by Crippen LogP contribution is 2.20. The topological polar surface area (TPSA) is 65.4 Å². The van der Waals surface area contributed by atoms with E-state index in [1.54, 1.807) is 6.20 Å². The minimum Gasteiger partial charge on any atom is -0.345 e. The van der Waals surface area contributed by atoms with Crippen LogP contribution in [-0.4, -0.2) is 21.2 Å². The molecule has 0 atom stereocenters. The molecule has 2 aromatic rings. The van der Waals surface area contributed by atoms with Crippen LogP contribution in [0.2, 0.25) is 5.15 Å². The predicted octanol–water partition coefficient (Wildman–Crippen LogP) is 1.61. The maximum absolute atomic E-state index is 7.08. The van der Waals surface area contributed by atoms with E-state index in [9.17, 15) is 0 Å². The second-order valence-corrected chi connectivity index (χ2v) is 2.63. The van der Waals surface area contributed by atoms with Gasteiger partial charge in [-0.1, -0.05) is 11.6 Å². The Labute approximate surface area is 73.1 Å². The Kier molecular flexibility index (Phi) is 1.55. The van der Waals surface area contributed by atoms with Crippen LogP contribution in [0.1, 0.15) is 5.56 Å². The first kappa shape index (κ1) is 7.24. The quantitative estimate of drug-likeness (QED) is 0.517. The molecule has 60 valence electrons. The van der Waals surface area contributed by atoms with Gasteiger partial charge in [-0.05, 0) is 0 Å². The maximum Gasteiger partial charge on any atom is 0.142 e. The van der Waals surface area contributed by atoms with Gasteiger partial charge in [-0.25, -0.2) is 9.97 Å². The highest BCUT2D eigenvalue weighted by atomic mass is 35.5. The molecule has 0 radical (unpaired) electrons. The summed E-state index contributed by atoms with van der Waals surface area (Å²) in [5.74, 6) is 0. The minimum absolute atomic E-state index is 0.375. The van der Waals surface area contributed by atoms with Gasteiger partial charge in [0.25, 0.3) is 0 Å². The van der Waals surface area contributed by atoms with Crippen LogP contribution >= 0.6 is 11.6 Å². The first-order chi connectivity index (χ1) is 5.83. The largest absolute Gasteiger partial charge is 0.345 e. The molecule has 0 aliphatic carbocycles. The van der Waals surface area contributed by atoms with E-state index in [1.807, 2.05) is 0 Å². The second-order valence-electron chi connectivity index (χ2n) is 2.28.